The summed E-state index contributed by atoms with van der Waals surface area (Å²) in [6, 6.07) is 7.81. The second-order valence-electron chi connectivity index (χ2n) is 7.43. The van der Waals surface area contributed by atoms with E-state index in [2.05, 4.69) is 0 Å². The molecule has 6 heteroatoms. The number of aryl methyl sites for hydroxylation is 1. The molecule has 2 atom stereocenters. The van der Waals surface area contributed by atoms with Crippen molar-refractivity contribution < 1.29 is 19.5 Å². The minimum atomic E-state index is -0.847. The first-order chi connectivity index (χ1) is 12.4. The summed E-state index contributed by atoms with van der Waals surface area (Å²) in [7, 11) is 0. The lowest BCUT2D eigenvalue weighted by atomic mass is 9.86. The Morgan fingerprint density at radius 3 is 2.27 bits per heavy atom. The molecule has 140 valence electrons. The highest BCUT2D eigenvalue weighted by atomic mass is 16.4. The molecule has 2 amide bonds. The molecular formula is C20H26N2O4. The summed E-state index contributed by atoms with van der Waals surface area (Å²) >= 11 is 0. The van der Waals surface area contributed by atoms with Gasteiger partial charge >= 0.3 is 5.97 Å². The SMILES string of the molecule is CC(=O)N1CCC(C(=O)N2C[C@@H](C(=O)O)[C@H](c3ccccc3C)C2)CC1. The van der Waals surface area contributed by atoms with Gasteiger partial charge in [-0.2, -0.15) is 0 Å². The zero-order chi connectivity index (χ0) is 18.8. The number of amides is 2. The van der Waals surface area contributed by atoms with E-state index in [9.17, 15) is 19.5 Å². The van der Waals surface area contributed by atoms with Crippen molar-refractivity contribution in [2.75, 3.05) is 26.2 Å². The van der Waals surface area contributed by atoms with Crippen molar-refractivity contribution in [2.45, 2.75) is 32.6 Å². The van der Waals surface area contributed by atoms with Gasteiger partial charge in [0.25, 0.3) is 0 Å². The summed E-state index contributed by atoms with van der Waals surface area (Å²) in [5, 5.41) is 9.66. The first-order valence-corrected chi connectivity index (χ1v) is 9.21. The van der Waals surface area contributed by atoms with E-state index in [0.29, 0.717) is 32.5 Å². The number of nitrogens with zero attached hydrogens (tertiary/aromatic N) is 2. The van der Waals surface area contributed by atoms with E-state index in [1.165, 1.54) is 0 Å². The average Bonchev–Trinajstić information content (AvgIpc) is 3.07. The quantitative estimate of drug-likeness (QED) is 0.895. The standard InChI is InChI=1S/C20H26N2O4/c1-13-5-3-4-6-16(13)17-11-22(12-18(17)20(25)26)19(24)15-7-9-21(10-8-15)14(2)23/h3-6,15,17-18H,7-12H2,1-2H3,(H,25,26)/t17-,18+/m0/s1. The maximum absolute atomic E-state index is 12.9. The Labute approximate surface area is 153 Å². The van der Waals surface area contributed by atoms with Crippen LogP contribution in [-0.2, 0) is 14.4 Å². The molecule has 2 aliphatic rings. The Morgan fingerprint density at radius 2 is 1.69 bits per heavy atom. The monoisotopic (exact) mass is 358 g/mol. The highest BCUT2D eigenvalue weighted by Crippen LogP contribution is 2.36. The molecule has 0 aliphatic carbocycles. The van der Waals surface area contributed by atoms with Gasteiger partial charge in [-0.15, -0.1) is 0 Å². The van der Waals surface area contributed by atoms with Crippen LogP contribution < -0.4 is 0 Å². The predicted molar refractivity (Wildman–Crippen MR) is 96.6 cm³/mol. The number of aliphatic carboxylic acids is 1. The molecule has 2 fully saturated rings. The van der Waals surface area contributed by atoms with Crippen LogP contribution in [0, 0.1) is 18.8 Å². The molecular weight excluding hydrogens is 332 g/mol. The Kier molecular flexibility index (Phi) is 5.30. The molecule has 0 spiro atoms. The molecule has 0 radical (unpaired) electrons. The van der Waals surface area contributed by atoms with Crippen molar-refractivity contribution in [3.8, 4) is 0 Å². The van der Waals surface area contributed by atoms with Gasteiger partial charge in [-0.05, 0) is 30.9 Å². The van der Waals surface area contributed by atoms with Crippen LogP contribution in [0.4, 0.5) is 0 Å². The van der Waals surface area contributed by atoms with Crippen LogP contribution in [0.25, 0.3) is 0 Å². The molecule has 1 N–H and O–H groups in total. The Balaban J connectivity index is 1.72. The fourth-order valence-electron chi connectivity index (χ4n) is 4.25. The summed E-state index contributed by atoms with van der Waals surface area (Å²) in [4.78, 5) is 39.7. The fraction of sp³-hybridized carbons (Fsp3) is 0.550. The van der Waals surface area contributed by atoms with Crippen molar-refractivity contribution >= 4 is 17.8 Å². The minimum absolute atomic E-state index is 0.0375. The Hall–Kier alpha value is -2.37. The van der Waals surface area contributed by atoms with Gasteiger partial charge in [0.15, 0.2) is 0 Å². The number of carbonyl (C=O) groups is 3. The molecule has 6 nitrogen and oxygen atoms in total. The molecule has 3 rings (SSSR count). The molecule has 0 unspecified atom stereocenters. The van der Waals surface area contributed by atoms with E-state index < -0.39 is 11.9 Å². The number of carboxylic acid groups (broad SMARTS) is 1. The van der Waals surface area contributed by atoms with Crippen LogP contribution in [0.1, 0.15) is 36.8 Å². The van der Waals surface area contributed by atoms with Gasteiger partial charge < -0.3 is 14.9 Å². The van der Waals surface area contributed by atoms with E-state index in [4.69, 9.17) is 0 Å². The number of carboxylic acids is 1. The second-order valence-corrected chi connectivity index (χ2v) is 7.43. The van der Waals surface area contributed by atoms with Gasteiger partial charge in [-0.1, -0.05) is 24.3 Å². The first-order valence-electron chi connectivity index (χ1n) is 9.21. The topological polar surface area (TPSA) is 77.9 Å². The van der Waals surface area contributed by atoms with Crippen LogP contribution >= 0.6 is 0 Å². The molecule has 1 aromatic rings. The molecule has 2 saturated heterocycles. The zero-order valence-corrected chi connectivity index (χ0v) is 15.4. The van der Waals surface area contributed by atoms with Gasteiger partial charge in [0.2, 0.25) is 11.8 Å². The number of hydrogen-bond acceptors (Lipinski definition) is 3. The predicted octanol–water partition coefficient (Wildman–Crippen LogP) is 1.88. The summed E-state index contributed by atoms with van der Waals surface area (Å²) < 4.78 is 0. The van der Waals surface area contributed by atoms with Crippen molar-refractivity contribution in [3.63, 3.8) is 0 Å². The maximum atomic E-state index is 12.9. The molecule has 0 aromatic heterocycles. The summed E-state index contributed by atoms with van der Waals surface area (Å²) in [6.45, 7) is 5.45. The van der Waals surface area contributed by atoms with Crippen molar-refractivity contribution in [2.24, 2.45) is 11.8 Å². The van der Waals surface area contributed by atoms with Crippen molar-refractivity contribution in [1.82, 2.24) is 9.80 Å². The van der Waals surface area contributed by atoms with Crippen LogP contribution in [0.15, 0.2) is 24.3 Å². The highest BCUT2D eigenvalue weighted by Gasteiger charge is 2.42. The summed E-state index contributed by atoms with van der Waals surface area (Å²) in [5.74, 6) is -1.62. The molecule has 2 aliphatic heterocycles. The van der Waals surface area contributed by atoms with Crippen LogP contribution in [0.5, 0.6) is 0 Å². The van der Waals surface area contributed by atoms with E-state index >= 15 is 0 Å². The smallest absolute Gasteiger partial charge is 0.308 e. The van der Waals surface area contributed by atoms with E-state index in [1.807, 2.05) is 31.2 Å². The first kappa shape index (κ1) is 18.4. The third-order valence-electron chi connectivity index (χ3n) is 5.83. The van der Waals surface area contributed by atoms with Gasteiger partial charge in [0, 0.05) is 44.9 Å². The normalized spacial score (nSPS) is 23.9. The molecule has 0 bridgehead atoms. The number of piperidine rings is 1. The van der Waals surface area contributed by atoms with Gasteiger partial charge in [-0.25, -0.2) is 0 Å². The number of carbonyl (C=O) groups excluding carboxylic acids is 2. The highest BCUT2D eigenvalue weighted by molar-refractivity contribution is 5.82. The molecule has 26 heavy (non-hydrogen) atoms. The number of hydrogen-bond donors (Lipinski definition) is 1. The maximum Gasteiger partial charge on any atom is 0.308 e. The lowest BCUT2D eigenvalue weighted by Crippen LogP contribution is -2.43. The zero-order valence-electron chi connectivity index (χ0n) is 15.4. The minimum Gasteiger partial charge on any atom is -0.481 e. The number of likely N-dealkylation sites (tertiary alicyclic amines) is 2. The van der Waals surface area contributed by atoms with Crippen LogP contribution in [0.2, 0.25) is 0 Å². The van der Waals surface area contributed by atoms with E-state index in [0.717, 1.165) is 11.1 Å². The summed E-state index contributed by atoms with van der Waals surface area (Å²) in [5.41, 5.74) is 2.08. The third-order valence-corrected chi connectivity index (χ3v) is 5.83. The van der Waals surface area contributed by atoms with E-state index in [1.54, 1.807) is 16.7 Å². The average molecular weight is 358 g/mol. The lowest BCUT2D eigenvalue weighted by Gasteiger charge is -2.32. The number of rotatable bonds is 3. The van der Waals surface area contributed by atoms with Gasteiger partial charge in [0.05, 0.1) is 5.92 Å². The second kappa shape index (κ2) is 7.48. The van der Waals surface area contributed by atoms with Crippen molar-refractivity contribution in [3.05, 3.63) is 35.4 Å². The van der Waals surface area contributed by atoms with E-state index in [-0.39, 0.29) is 30.2 Å². The number of benzene rings is 1. The third kappa shape index (κ3) is 3.59. The molecule has 2 heterocycles. The van der Waals surface area contributed by atoms with Crippen LogP contribution in [0.3, 0.4) is 0 Å². The van der Waals surface area contributed by atoms with Gasteiger partial charge in [0.1, 0.15) is 0 Å². The molecule has 0 saturated carbocycles. The van der Waals surface area contributed by atoms with Crippen LogP contribution in [-0.4, -0.2) is 58.9 Å². The largest absolute Gasteiger partial charge is 0.481 e. The summed E-state index contributed by atoms with van der Waals surface area (Å²) in [6.07, 6.45) is 1.31. The Bertz CT molecular complexity index is 710. The fourth-order valence-corrected chi connectivity index (χ4v) is 4.25. The van der Waals surface area contributed by atoms with Crippen molar-refractivity contribution in [1.29, 1.82) is 0 Å². The lowest BCUT2D eigenvalue weighted by molar-refractivity contribution is -0.143. The Morgan fingerprint density at radius 1 is 1.04 bits per heavy atom. The van der Waals surface area contributed by atoms with Gasteiger partial charge in [-0.3, -0.25) is 14.4 Å². The molecule has 1 aromatic carbocycles.